The van der Waals surface area contributed by atoms with Crippen LogP contribution in [-0.2, 0) is 20.9 Å². The standard InChI is InChI=1S/C38H41ClN4O16/c1-55-31-14-25(36(47)41-19-24(45)13-30(41)38(50)56-2)27(42(51)52)16-33(31)57-10-4-3-5-11-58-34-17-28(43(53)54)26(35(46)40-18-23(44)12-29(40)37(48)49)15-32(34)59-20-21-6-8-22(39)9-7-21/h6-9,14-17,23-24,29-30,44-45H,3-5,10-13,18-20H2,1-2H3,(H,48,49)/t23-,24-,29?,30+/m1/s1. The van der Waals surface area contributed by atoms with Gasteiger partial charge in [0.1, 0.15) is 29.8 Å². The Kier molecular flexibility index (Phi) is 14.5. The molecule has 59 heavy (non-hydrogen) atoms. The fraction of sp³-hybridized carbons (Fsp3) is 0.421. The molecule has 21 heteroatoms. The van der Waals surface area contributed by atoms with Gasteiger partial charge in [-0.3, -0.25) is 29.8 Å². The molecule has 0 saturated carbocycles. The van der Waals surface area contributed by atoms with Gasteiger partial charge in [0.2, 0.25) is 0 Å². The second-order valence-corrected chi connectivity index (χ2v) is 14.0. The number of esters is 1. The summed E-state index contributed by atoms with van der Waals surface area (Å²) in [5.74, 6) is -4.14. The number of hydrogen-bond acceptors (Lipinski definition) is 15. The minimum Gasteiger partial charge on any atom is -0.493 e. The van der Waals surface area contributed by atoms with Crippen LogP contribution < -0.4 is 18.9 Å². The number of β-amino-alcohol motifs (C(OH)–C–C–N with tert-alkyl or cyclic N) is 2. The van der Waals surface area contributed by atoms with Crippen LogP contribution in [0.15, 0.2) is 48.5 Å². The van der Waals surface area contributed by atoms with E-state index >= 15 is 0 Å². The highest BCUT2D eigenvalue weighted by molar-refractivity contribution is 6.30. The number of nitro benzene ring substituents is 2. The van der Waals surface area contributed by atoms with Crippen molar-refractivity contribution < 1.29 is 68.0 Å². The van der Waals surface area contributed by atoms with Gasteiger partial charge in [-0.25, -0.2) is 9.59 Å². The molecule has 0 spiro atoms. The zero-order chi connectivity index (χ0) is 43.0. The lowest BCUT2D eigenvalue weighted by molar-refractivity contribution is -0.385. The Hall–Kier alpha value is -6.25. The molecule has 2 amide bonds. The van der Waals surface area contributed by atoms with Gasteiger partial charge >= 0.3 is 11.9 Å². The number of carbonyl (C=O) groups excluding carboxylic acids is 3. The summed E-state index contributed by atoms with van der Waals surface area (Å²) in [6, 6.07) is 8.42. The summed E-state index contributed by atoms with van der Waals surface area (Å²) in [6.45, 7) is -0.565. The van der Waals surface area contributed by atoms with Crippen LogP contribution in [0.4, 0.5) is 11.4 Å². The molecule has 0 aromatic heterocycles. The number of hydrogen-bond donors (Lipinski definition) is 3. The molecule has 4 atom stereocenters. The molecule has 3 aromatic carbocycles. The van der Waals surface area contributed by atoms with E-state index in [1.807, 2.05) is 0 Å². The van der Waals surface area contributed by atoms with Gasteiger partial charge in [-0.15, -0.1) is 0 Å². The fourth-order valence-electron chi connectivity index (χ4n) is 6.71. The first-order valence-electron chi connectivity index (χ1n) is 18.2. The number of likely N-dealkylation sites (tertiary alicyclic amines) is 2. The van der Waals surface area contributed by atoms with Gasteiger partial charge in [-0.2, -0.15) is 0 Å². The SMILES string of the molecule is COC(=O)[C@@H]1C[C@@H](O)CN1C(=O)c1cc(OC)c(OCCCCCOc2cc([N+](=O)[O-])c(C(=O)N3C[C@H](O)CC3C(=O)O)cc2OCc2ccc(Cl)cc2)cc1[N+](=O)[O-]. The lowest BCUT2D eigenvalue weighted by Gasteiger charge is -2.22. The summed E-state index contributed by atoms with van der Waals surface area (Å²) in [5, 5.41) is 54.5. The molecule has 5 rings (SSSR count). The Morgan fingerprint density at radius 2 is 1.20 bits per heavy atom. The molecule has 2 fully saturated rings. The fourth-order valence-corrected chi connectivity index (χ4v) is 6.83. The number of ether oxygens (including phenoxy) is 5. The predicted molar refractivity (Wildman–Crippen MR) is 204 cm³/mol. The molecule has 316 valence electrons. The molecule has 0 aliphatic carbocycles. The molecule has 0 bridgehead atoms. The van der Waals surface area contributed by atoms with Crippen molar-refractivity contribution in [3.8, 4) is 23.0 Å². The van der Waals surface area contributed by atoms with Crippen molar-refractivity contribution in [2.45, 2.75) is 63.0 Å². The zero-order valence-electron chi connectivity index (χ0n) is 31.8. The van der Waals surface area contributed by atoms with Crippen molar-refractivity contribution in [3.05, 3.63) is 90.5 Å². The summed E-state index contributed by atoms with van der Waals surface area (Å²) >= 11 is 5.99. The Labute approximate surface area is 341 Å². The van der Waals surface area contributed by atoms with Crippen LogP contribution in [0.3, 0.4) is 0 Å². The van der Waals surface area contributed by atoms with Crippen LogP contribution in [0.1, 0.15) is 58.4 Å². The number of nitro groups is 2. The topological polar surface area (TPSA) is 268 Å². The number of amides is 2. The number of carboxylic acid groups (broad SMARTS) is 1. The first-order chi connectivity index (χ1) is 28.1. The van der Waals surface area contributed by atoms with Gasteiger partial charge in [0, 0.05) is 43.1 Å². The normalized spacial score (nSPS) is 18.6. The summed E-state index contributed by atoms with van der Waals surface area (Å²) in [7, 11) is 2.40. The Morgan fingerprint density at radius 3 is 1.69 bits per heavy atom. The number of rotatable bonds is 18. The van der Waals surface area contributed by atoms with Gasteiger partial charge in [0.05, 0.1) is 61.6 Å². The average molecular weight is 845 g/mol. The van der Waals surface area contributed by atoms with E-state index in [4.69, 9.17) is 35.3 Å². The van der Waals surface area contributed by atoms with Gasteiger partial charge in [0.25, 0.3) is 23.2 Å². The highest BCUT2D eigenvalue weighted by Crippen LogP contribution is 2.39. The van der Waals surface area contributed by atoms with Gasteiger partial charge in [-0.05, 0) is 37.0 Å². The van der Waals surface area contributed by atoms with E-state index in [0.717, 1.165) is 41.2 Å². The zero-order valence-corrected chi connectivity index (χ0v) is 32.6. The van der Waals surface area contributed by atoms with Crippen molar-refractivity contribution in [3.63, 3.8) is 0 Å². The van der Waals surface area contributed by atoms with E-state index < -0.39 is 74.8 Å². The number of aliphatic hydroxyl groups is 2. The number of benzene rings is 3. The Morgan fingerprint density at radius 1 is 0.729 bits per heavy atom. The number of halogens is 1. The summed E-state index contributed by atoms with van der Waals surface area (Å²) in [4.78, 5) is 75.6. The summed E-state index contributed by atoms with van der Waals surface area (Å²) in [5.41, 5.74) is -1.45. The first kappa shape index (κ1) is 43.9. The van der Waals surface area contributed by atoms with Crippen molar-refractivity contribution in [1.29, 1.82) is 0 Å². The Balaban J connectivity index is 1.26. The minimum absolute atomic E-state index is 0.00527. The lowest BCUT2D eigenvalue weighted by Crippen LogP contribution is -2.41. The lowest BCUT2D eigenvalue weighted by atomic mass is 10.1. The molecule has 2 aliphatic heterocycles. The minimum atomic E-state index is -1.40. The number of unbranched alkanes of at least 4 members (excludes halogenated alkanes) is 2. The van der Waals surface area contributed by atoms with Crippen LogP contribution in [0.2, 0.25) is 5.02 Å². The number of aliphatic hydroxyl groups excluding tert-OH is 2. The third-order valence-electron chi connectivity index (χ3n) is 9.65. The molecular weight excluding hydrogens is 804 g/mol. The number of nitrogens with zero attached hydrogens (tertiary/aromatic N) is 4. The molecule has 2 saturated heterocycles. The maximum absolute atomic E-state index is 13.6. The molecular formula is C38H41ClN4O16. The van der Waals surface area contributed by atoms with Crippen LogP contribution in [-0.4, -0.2) is 124 Å². The largest absolute Gasteiger partial charge is 0.493 e. The second kappa shape index (κ2) is 19.5. The first-order valence-corrected chi connectivity index (χ1v) is 18.6. The van der Waals surface area contributed by atoms with E-state index in [2.05, 4.69) is 0 Å². The van der Waals surface area contributed by atoms with Crippen LogP contribution >= 0.6 is 11.6 Å². The van der Waals surface area contributed by atoms with E-state index in [-0.39, 0.29) is 74.3 Å². The van der Waals surface area contributed by atoms with Crippen molar-refractivity contribution >= 4 is 46.7 Å². The molecule has 1 unspecified atom stereocenters. The van der Waals surface area contributed by atoms with Gasteiger partial charge in [-0.1, -0.05) is 23.7 Å². The van der Waals surface area contributed by atoms with Crippen LogP contribution in [0.25, 0.3) is 0 Å². The summed E-state index contributed by atoms with van der Waals surface area (Å²) < 4.78 is 27.7. The van der Waals surface area contributed by atoms with Gasteiger partial charge < -0.3 is 48.8 Å². The van der Waals surface area contributed by atoms with Crippen LogP contribution in [0, 0.1) is 20.2 Å². The monoisotopic (exact) mass is 844 g/mol. The smallest absolute Gasteiger partial charge is 0.328 e. The Bertz CT molecular complexity index is 2080. The number of carboxylic acids is 1. The number of methoxy groups -OCH3 is 2. The third-order valence-corrected chi connectivity index (χ3v) is 9.90. The van der Waals surface area contributed by atoms with Crippen molar-refractivity contribution in [2.75, 3.05) is 40.5 Å². The second-order valence-electron chi connectivity index (χ2n) is 13.6. The maximum atomic E-state index is 13.6. The highest BCUT2D eigenvalue weighted by atomic mass is 35.5. The highest BCUT2D eigenvalue weighted by Gasteiger charge is 2.43. The summed E-state index contributed by atoms with van der Waals surface area (Å²) in [6.07, 6.45) is -1.25. The van der Waals surface area contributed by atoms with E-state index in [0.29, 0.717) is 29.8 Å². The van der Waals surface area contributed by atoms with E-state index in [1.54, 1.807) is 24.3 Å². The van der Waals surface area contributed by atoms with Gasteiger partial charge in [0.15, 0.2) is 23.0 Å². The number of aliphatic carboxylic acids is 1. The quantitative estimate of drug-likeness (QED) is 0.0712. The van der Waals surface area contributed by atoms with Crippen molar-refractivity contribution in [1.82, 2.24) is 9.80 Å². The van der Waals surface area contributed by atoms with Crippen LogP contribution in [0.5, 0.6) is 23.0 Å². The molecule has 2 heterocycles. The number of carbonyl (C=O) groups is 4. The molecule has 3 N–H and O–H groups in total. The molecule has 0 radical (unpaired) electrons. The molecule has 2 aliphatic rings. The third kappa shape index (κ3) is 10.4. The molecule has 3 aromatic rings. The molecule has 20 nitrogen and oxygen atoms in total. The van der Waals surface area contributed by atoms with E-state index in [9.17, 15) is 54.7 Å². The average Bonchev–Trinajstić information content (AvgIpc) is 3.81. The van der Waals surface area contributed by atoms with Crippen molar-refractivity contribution in [2.24, 2.45) is 0 Å². The predicted octanol–water partition coefficient (Wildman–Crippen LogP) is 3.78. The maximum Gasteiger partial charge on any atom is 0.328 e. The van der Waals surface area contributed by atoms with E-state index in [1.165, 1.54) is 7.11 Å².